The van der Waals surface area contributed by atoms with Crippen LogP contribution < -0.4 is 0 Å². The fourth-order valence-electron chi connectivity index (χ4n) is 9.63. The van der Waals surface area contributed by atoms with Crippen LogP contribution in [0.5, 0.6) is 0 Å². The molecule has 6 nitrogen and oxygen atoms in total. The van der Waals surface area contributed by atoms with Crippen molar-refractivity contribution >= 4 is 17.9 Å². The normalized spacial score (nSPS) is 12.0. The Kier molecular flexibility index (Phi) is 55.0. The van der Waals surface area contributed by atoms with Gasteiger partial charge in [0.1, 0.15) is 13.2 Å². The molecule has 0 aromatic rings. The van der Waals surface area contributed by atoms with E-state index in [4.69, 9.17) is 14.2 Å². The molecule has 68 heavy (non-hydrogen) atoms. The molecule has 0 bridgehead atoms. The smallest absolute Gasteiger partial charge is 0.306 e. The average Bonchev–Trinajstić information content (AvgIpc) is 3.32. The summed E-state index contributed by atoms with van der Waals surface area (Å²) in [4.78, 5) is 38.2. The summed E-state index contributed by atoms with van der Waals surface area (Å²) in [6.45, 7) is 9.08. The Balaban J connectivity index is 4.29. The highest BCUT2D eigenvalue weighted by Gasteiger charge is 2.19. The molecule has 0 saturated carbocycles. The summed E-state index contributed by atoms with van der Waals surface area (Å²) < 4.78 is 16.9. The summed E-state index contributed by atoms with van der Waals surface area (Å²) in [6.07, 6.45) is 62.4. The first-order valence-electron chi connectivity index (χ1n) is 30.9. The molecule has 0 fully saturated rings. The highest BCUT2D eigenvalue weighted by Crippen LogP contribution is 2.18. The van der Waals surface area contributed by atoms with Gasteiger partial charge in [0.05, 0.1) is 0 Å². The molecule has 0 unspecified atom stereocenters. The molecule has 0 rings (SSSR count). The van der Waals surface area contributed by atoms with Gasteiger partial charge in [-0.25, -0.2) is 0 Å². The number of carbonyl (C=O) groups is 3. The second-order valence-electron chi connectivity index (χ2n) is 21.8. The van der Waals surface area contributed by atoms with E-state index in [0.29, 0.717) is 19.3 Å². The molecule has 0 aromatic carbocycles. The fraction of sp³-hybridized carbons (Fsp3) is 0.952. The van der Waals surface area contributed by atoms with Gasteiger partial charge in [0.15, 0.2) is 6.10 Å². The Labute approximate surface area is 425 Å². The Morgan fingerprint density at radius 3 is 0.721 bits per heavy atom. The summed E-state index contributed by atoms with van der Waals surface area (Å²) in [7, 11) is 0. The molecule has 1 atom stereocenters. The zero-order chi connectivity index (χ0) is 49.5. The monoisotopic (exact) mass is 961 g/mol. The van der Waals surface area contributed by atoms with Gasteiger partial charge in [-0.1, -0.05) is 317 Å². The summed E-state index contributed by atoms with van der Waals surface area (Å²) in [5.41, 5.74) is 0. The SMILES string of the molecule is CCCCCCCCCCCCCCCCCCCC(=O)O[C@H](COC(=O)CCCCCCCCCCCCCCCCCC)COC(=O)CCCCCCCCCCCCCCCCC(C)C. The van der Waals surface area contributed by atoms with Crippen LogP contribution in [0, 0.1) is 5.92 Å². The number of hydrogen-bond donors (Lipinski definition) is 0. The number of hydrogen-bond acceptors (Lipinski definition) is 6. The molecule has 0 amide bonds. The van der Waals surface area contributed by atoms with E-state index in [9.17, 15) is 14.4 Å². The van der Waals surface area contributed by atoms with Crippen LogP contribution in [0.2, 0.25) is 0 Å². The third-order valence-electron chi connectivity index (χ3n) is 14.3. The maximum Gasteiger partial charge on any atom is 0.306 e. The lowest BCUT2D eigenvalue weighted by Gasteiger charge is -2.18. The third kappa shape index (κ3) is 55.3. The van der Waals surface area contributed by atoms with Gasteiger partial charge in [0.25, 0.3) is 0 Å². The van der Waals surface area contributed by atoms with E-state index in [-0.39, 0.29) is 31.1 Å². The average molecular weight is 962 g/mol. The van der Waals surface area contributed by atoms with Gasteiger partial charge in [0.2, 0.25) is 0 Å². The summed E-state index contributed by atoms with van der Waals surface area (Å²) in [5, 5.41) is 0. The predicted octanol–water partition coefficient (Wildman–Crippen LogP) is 20.6. The van der Waals surface area contributed by atoms with Crippen LogP contribution in [-0.4, -0.2) is 37.2 Å². The first-order chi connectivity index (χ1) is 33.4. The quantitative estimate of drug-likeness (QED) is 0.0343. The minimum atomic E-state index is -0.762. The van der Waals surface area contributed by atoms with Crippen molar-refractivity contribution in [1.29, 1.82) is 0 Å². The first kappa shape index (κ1) is 66.4. The van der Waals surface area contributed by atoms with Crippen molar-refractivity contribution in [3.05, 3.63) is 0 Å². The van der Waals surface area contributed by atoms with Crippen LogP contribution in [0.15, 0.2) is 0 Å². The Morgan fingerprint density at radius 1 is 0.279 bits per heavy atom. The van der Waals surface area contributed by atoms with Gasteiger partial charge in [-0.05, 0) is 25.2 Å². The zero-order valence-electron chi connectivity index (χ0n) is 46.6. The van der Waals surface area contributed by atoms with E-state index < -0.39 is 6.10 Å². The Bertz CT molecular complexity index is 1030. The fourth-order valence-corrected chi connectivity index (χ4v) is 9.63. The Hall–Kier alpha value is -1.59. The van der Waals surface area contributed by atoms with E-state index >= 15 is 0 Å². The second kappa shape index (κ2) is 56.3. The molecule has 0 radical (unpaired) electrons. The molecule has 0 spiro atoms. The lowest BCUT2D eigenvalue weighted by atomic mass is 10.0. The predicted molar refractivity (Wildman–Crippen MR) is 293 cm³/mol. The van der Waals surface area contributed by atoms with E-state index in [0.717, 1.165) is 63.7 Å². The van der Waals surface area contributed by atoms with Gasteiger partial charge in [-0.2, -0.15) is 0 Å². The molecule has 0 aliphatic rings. The number of rotatable bonds is 57. The van der Waals surface area contributed by atoms with Crippen LogP contribution in [0.4, 0.5) is 0 Å². The molecular weight excluding hydrogens is 841 g/mol. The number of esters is 3. The van der Waals surface area contributed by atoms with E-state index in [1.807, 2.05) is 0 Å². The van der Waals surface area contributed by atoms with Gasteiger partial charge in [-0.3, -0.25) is 14.4 Å². The minimum Gasteiger partial charge on any atom is -0.462 e. The maximum absolute atomic E-state index is 12.9. The van der Waals surface area contributed by atoms with E-state index in [2.05, 4.69) is 27.7 Å². The molecular formula is C62H120O6. The van der Waals surface area contributed by atoms with Crippen LogP contribution in [0.1, 0.15) is 355 Å². The van der Waals surface area contributed by atoms with Crippen molar-refractivity contribution in [3.8, 4) is 0 Å². The molecule has 0 aliphatic heterocycles. The highest BCUT2D eigenvalue weighted by atomic mass is 16.6. The molecule has 0 aliphatic carbocycles. The number of carbonyl (C=O) groups excluding carboxylic acids is 3. The summed E-state index contributed by atoms with van der Waals surface area (Å²) in [6, 6.07) is 0. The topological polar surface area (TPSA) is 78.9 Å². The van der Waals surface area contributed by atoms with Crippen LogP contribution in [0.3, 0.4) is 0 Å². The molecule has 6 heteroatoms. The highest BCUT2D eigenvalue weighted by molar-refractivity contribution is 5.71. The lowest BCUT2D eigenvalue weighted by Crippen LogP contribution is -2.30. The molecule has 0 heterocycles. The van der Waals surface area contributed by atoms with E-state index in [1.165, 1.54) is 250 Å². The van der Waals surface area contributed by atoms with E-state index in [1.54, 1.807) is 0 Å². The minimum absolute atomic E-state index is 0.0613. The summed E-state index contributed by atoms with van der Waals surface area (Å²) in [5.74, 6) is 0.0153. The molecule has 0 N–H and O–H groups in total. The van der Waals surface area contributed by atoms with Crippen molar-refractivity contribution in [2.75, 3.05) is 13.2 Å². The third-order valence-corrected chi connectivity index (χ3v) is 14.3. The second-order valence-corrected chi connectivity index (χ2v) is 21.8. The van der Waals surface area contributed by atoms with Crippen molar-refractivity contribution in [2.24, 2.45) is 5.92 Å². The van der Waals surface area contributed by atoms with Crippen LogP contribution in [-0.2, 0) is 28.6 Å². The zero-order valence-corrected chi connectivity index (χ0v) is 46.6. The van der Waals surface area contributed by atoms with Crippen molar-refractivity contribution in [1.82, 2.24) is 0 Å². The molecule has 0 aromatic heterocycles. The van der Waals surface area contributed by atoms with Crippen molar-refractivity contribution in [3.63, 3.8) is 0 Å². The number of ether oxygens (including phenoxy) is 3. The Morgan fingerprint density at radius 2 is 0.485 bits per heavy atom. The number of unbranched alkanes of at least 4 members (excludes halogenated alkanes) is 44. The van der Waals surface area contributed by atoms with Gasteiger partial charge in [-0.15, -0.1) is 0 Å². The standard InChI is InChI=1S/C62H120O6/c1-5-7-9-11-13-15-17-19-21-23-25-31-35-39-43-47-51-55-62(65)68-59(56-66-60(63)53-49-45-41-37-33-29-24-22-20-18-16-14-12-10-8-6-2)57-67-61(64)54-50-46-42-38-34-30-27-26-28-32-36-40-44-48-52-58(3)4/h58-59H,5-57H2,1-4H3/t59-/m1/s1. The van der Waals surface area contributed by atoms with Crippen LogP contribution >= 0.6 is 0 Å². The molecule has 0 saturated heterocycles. The maximum atomic E-state index is 12.9. The largest absolute Gasteiger partial charge is 0.462 e. The van der Waals surface area contributed by atoms with Crippen molar-refractivity contribution in [2.45, 2.75) is 361 Å². The van der Waals surface area contributed by atoms with Gasteiger partial charge < -0.3 is 14.2 Å². The van der Waals surface area contributed by atoms with Crippen molar-refractivity contribution < 1.29 is 28.6 Å². The first-order valence-corrected chi connectivity index (χ1v) is 30.9. The van der Waals surface area contributed by atoms with Gasteiger partial charge in [0, 0.05) is 19.3 Å². The molecule has 404 valence electrons. The summed E-state index contributed by atoms with van der Waals surface area (Å²) >= 11 is 0. The van der Waals surface area contributed by atoms with Crippen LogP contribution in [0.25, 0.3) is 0 Å². The van der Waals surface area contributed by atoms with Gasteiger partial charge >= 0.3 is 17.9 Å². The lowest BCUT2D eigenvalue weighted by molar-refractivity contribution is -0.167.